The molecule has 0 atom stereocenters. The van der Waals surface area contributed by atoms with Crippen LogP contribution >= 0.6 is 12.4 Å². The van der Waals surface area contributed by atoms with Crippen molar-refractivity contribution in [2.75, 3.05) is 25.9 Å². The van der Waals surface area contributed by atoms with Crippen LogP contribution in [0.4, 0.5) is 0 Å². The molecule has 1 aliphatic heterocycles. The number of likely N-dealkylation sites (tertiary alicyclic amines) is 1. The Morgan fingerprint density at radius 2 is 1.88 bits per heavy atom. The fourth-order valence-corrected chi connectivity index (χ4v) is 4.93. The highest BCUT2D eigenvalue weighted by atomic mass is 35.5. The van der Waals surface area contributed by atoms with Gasteiger partial charge in [0.05, 0.1) is 10.6 Å². The Morgan fingerprint density at radius 1 is 1.20 bits per heavy atom. The first-order chi connectivity index (χ1) is 11.5. The summed E-state index contributed by atoms with van der Waals surface area (Å²) in [5, 5.41) is 3.23. The van der Waals surface area contributed by atoms with E-state index in [9.17, 15) is 13.2 Å². The summed E-state index contributed by atoms with van der Waals surface area (Å²) in [7, 11) is -1.46. The number of amides is 1. The average Bonchev–Trinajstić information content (AvgIpc) is 3.07. The summed E-state index contributed by atoms with van der Waals surface area (Å²) in [5.41, 5.74) is 2.41. The zero-order valence-electron chi connectivity index (χ0n) is 14.7. The smallest absolute Gasteiger partial charge is 0.223 e. The molecular formula is C18H27ClN2O3S. The van der Waals surface area contributed by atoms with Crippen molar-refractivity contribution >= 4 is 28.2 Å². The number of benzene rings is 1. The van der Waals surface area contributed by atoms with Crippen LogP contribution in [0.2, 0.25) is 0 Å². The normalized spacial score (nSPS) is 17.9. The standard InChI is InChI=1S/C18H26N2O3S.ClH/c1-19-16-7-10-20(11-8-16)18(21)9-12-24(22,23)17-6-5-14-3-2-4-15(14)13-17;/h5-6,13,16,19H,2-4,7-12H2,1H3;1H. The van der Waals surface area contributed by atoms with Crippen molar-refractivity contribution < 1.29 is 13.2 Å². The molecule has 0 saturated carbocycles. The molecule has 2 aliphatic rings. The number of carbonyl (C=O) groups excluding carboxylic acids is 1. The number of halogens is 1. The van der Waals surface area contributed by atoms with Gasteiger partial charge in [0.2, 0.25) is 5.91 Å². The monoisotopic (exact) mass is 386 g/mol. The molecule has 1 saturated heterocycles. The van der Waals surface area contributed by atoms with Crippen molar-refractivity contribution in [1.29, 1.82) is 0 Å². The van der Waals surface area contributed by atoms with Gasteiger partial charge in [-0.15, -0.1) is 12.4 Å². The number of nitrogens with zero attached hydrogens (tertiary/aromatic N) is 1. The van der Waals surface area contributed by atoms with Gasteiger partial charge >= 0.3 is 0 Å². The zero-order valence-corrected chi connectivity index (χ0v) is 16.3. The number of hydrogen-bond acceptors (Lipinski definition) is 4. The number of hydrogen-bond donors (Lipinski definition) is 1. The Labute approximate surface area is 156 Å². The van der Waals surface area contributed by atoms with Crippen molar-refractivity contribution in [2.24, 2.45) is 0 Å². The summed E-state index contributed by atoms with van der Waals surface area (Å²) in [6.07, 6.45) is 5.03. The lowest BCUT2D eigenvalue weighted by atomic mass is 10.1. The van der Waals surface area contributed by atoms with Gasteiger partial charge in [-0.1, -0.05) is 6.07 Å². The first-order valence-corrected chi connectivity index (χ1v) is 10.4. The van der Waals surface area contributed by atoms with Crippen LogP contribution in [0.25, 0.3) is 0 Å². The minimum absolute atomic E-state index is 0. The Hall–Kier alpha value is -1.11. The summed E-state index contributed by atoms with van der Waals surface area (Å²) >= 11 is 0. The Kier molecular flexibility index (Phi) is 6.88. The third-order valence-corrected chi connectivity index (χ3v) is 6.98. The summed E-state index contributed by atoms with van der Waals surface area (Å²) in [6.45, 7) is 1.42. The second-order valence-electron chi connectivity index (χ2n) is 6.80. The van der Waals surface area contributed by atoms with E-state index < -0.39 is 9.84 Å². The SMILES string of the molecule is CNC1CCN(C(=O)CCS(=O)(=O)c2ccc3c(c2)CCC3)CC1.Cl. The molecule has 0 bridgehead atoms. The van der Waals surface area contributed by atoms with Crippen molar-refractivity contribution in [1.82, 2.24) is 10.2 Å². The molecule has 25 heavy (non-hydrogen) atoms. The maximum atomic E-state index is 12.5. The molecule has 1 aromatic carbocycles. The number of piperidine rings is 1. The van der Waals surface area contributed by atoms with E-state index in [1.807, 2.05) is 13.1 Å². The lowest BCUT2D eigenvalue weighted by molar-refractivity contribution is -0.131. The molecule has 140 valence electrons. The number of nitrogens with one attached hydrogen (secondary N) is 1. The topological polar surface area (TPSA) is 66.5 Å². The molecule has 1 amide bonds. The van der Waals surface area contributed by atoms with Crippen LogP contribution in [-0.2, 0) is 27.5 Å². The highest BCUT2D eigenvalue weighted by Gasteiger charge is 2.24. The fourth-order valence-electron chi connectivity index (χ4n) is 3.66. The number of fused-ring (bicyclic) bond motifs is 1. The van der Waals surface area contributed by atoms with E-state index >= 15 is 0 Å². The van der Waals surface area contributed by atoms with Crippen LogP contribution in [0.3, 0.4) is 0 Å². The first-order valence-electron chi connectivity index (χ1n) is 8.79. The predicted octanol–water partition coefficient (Wildman–Crippen LogP) is 1.97. The molecule has 1 aliphatic carbocycles. The quantitative estimate of drug-likeness (QED) is 0.840. The third-order valence-electron chi connectivity index (χ3n) is 5.27. The minimum atomic E-state index is -3.39. The van der Waals surface area contributed by atoms with Gasteiger partial charge in [-0.05, 0) is 62.4 Å². The van der Waals surface area contributed by atoms with E-state index in [-0.39, 0.29) is 30.5 Å². The van der Waals surface area contributed by atoms with Crippen LogP contribution < -0.4 is 5.32 Å². The van der Waals surface area contributed by atoms with Crippen LogP contribution in [0.1, 0.15) is 36.8 Å². The third kappa shape index (κ3) is 4.74. The van der Waals surface area contributed by atoms with Gasteiger partial charge in [-0.2, -0.15) is 0 Å². The highest BCUT2D eigenvalue weighted by Crippen LogP contribution is 2.25. The highest BCUT2D eigenvalue weighted by molar-refractivity contribution is 7.91. The molecule has 7 heteroatoms. The molecule has 0 aromatic heterocycles. The van der Waals surface area contributed by atoms with Gasteiger partial charge in [0.25, 0.3) is 0 Å². The van der Waals surface area contributed by atoms with Gasteiger partial charge in [0, 0.05) is 25.6 Å². The van der Waals surface area contributed by atoms with Gasteiger partial charge < -0.3 is 10.2 Å². The molecule has 1 aromatic rings. The number of carbonyl (C=O) groups is 1. The van der Waals surface area contributed by atoms with E-state index in [4.69, 9.17) is 0 Å². The minimum Gasteiger partial charge on any atom is -0.343 e. The van der Waals surface area contributed by atoms with Crippen molar-refractivity contribution in [3.63, 3.8) is 0 Å². The van der Waals surface area contributed by atoms with E-state index in [0.717, 1.165) is 37.7 Å². The average molecular weight is 387 g/mol. The van der Waals surface area contributed by atoms with Crippen LogP contribution in [0.5, 0.6) is 0 Å². The lowest BCUT2D eigenvalue weighted by Gasteiger charge is -2.31. The molecule has 1 N–H and O–H groups in total. The molecule has 1 fully saturated rings. The number of rotatable bonds is 5. The first kappa shape index (κ1) is 20.2. The van der Waals surface area contributed by atoms with Gasteiger partial charge in [0.1, 0.15) is 0 Å². The molecule has 1 heterocycles. The second kappa shape index (κ2) is 8.52. The second-order valence-corrected chi connectivity index (χ2v) is 8.91. The Morgan fingerprint density at radius 3 is 2.56 bits per heavy atom. The zero-order chi connectivity index (χ0) is 17.2. The number of sulfone groups is 1. The van der Waals surface area contributed by atoms with Crippen molar-refractivity contribution in [2.45, 2.75) is 49.5 Å². The van der Waals surface area contributed by atoms with Gasteiger partial charge in [-0.3, -0.25) is 4.79 Å². The van der Waals surface area contributed by atoms with E-state index in [2.05, 4.69) is 5.32 Å². The summed E-state index contributed by atoms with van der Waals surface area (Å²) in [5.74, 6) is -0.148. The molecule has 0 unspecified atom stereocenters. The maximum Gasteiger partial charge on any atom is 0.223 e. The number of aryl methyl sites for hydroxylation is 2. The molecule has 0 radical (unpaired) electrons. The predicted molar refractivity (Wildman–Crippen MR) is 101 cm³/mol. The van der Waals surface area contributed by atoms with E-state index in [0.29, 0.717) is 24.0 Å². The molecule has 3 rings (SSSR count). The van der Waals surface area contributed by atoms with Gasteiger partial charge in [0.15, 0.2) is 9.84 Å². The summed E-state index contributed by atoms with van der Waals surface area (Å²) < 4.78 is 25.1. The van der Waals surface area contributed by atoms with Crippen LogP contribution in [0, 0.1) is 0 Å². The largest absolute Gasteiger partial charge is 0.343 e. The van der Waals surface area contributed by atoms with Crippen LogP contribution in [-0.4, -0.2) is 51.2 Å². The summed E-state index contributed by atoms with van der Waals surface area (Å²) in [4.78, 5) is 14.5. The maximum absolute atomic E-state index is 12.5. The van der Waals surface area contributed by atoms with Crippen molar-refractivity contribution in [3.8, 4) is 0 Å². The Balaban J connectivity index is 0.00000225. The fraction of sp³-hybridized carbons (Fsp3) is 0.611. The lowest BCUT2D eigenvalue weighted by Crippen LogP contribution is -2.44. The van der Waals surface area contributed by atoms with E-state index in [1.54, 1.807) is 17.0 Å². The molecule has 5 nitrogen and oxygen atoms in total. The van der Waals surface area contributed by atoms with Crippen LogP contribution in [0.15, 0.2) is 23.1 Å². The Bertz CT molecular complexity index is 713. The summed E-state index contributed by atoms with van der Waals surface area (Å²) in [6, 6.07) is 5.90. The van der Waals surface area contributed by atoms with E-state index in [1.165, 1.54) is 5.56 Å². The molecular weight excluding hydrogens is 360 g/mol. The molecule has 0 spiro atoms. The van der Waals surface area contributed by atoms with Gasteiger partial charge in [-0.25, -0.2) is 8.42 Å². The van der Waals surface area contributed by atoms with Crippen molar-refractivity contribution in [3.05, 3.63) is 29.3 Å².